The van der Waals surface area contributed by atoms with Gasteiger partial charge in [-0.15, -0.1) is 11.3 Å². The van der Waals surface area contributed by atoms with E-state index >= 15 is 0 Å². The van der Waals surface area contributed by atoms with Crippen LogP contribution in [0.5, 0.6) is 0 Å². The van der Waals surface area contributed by atoms with Crippen LogP contribution in [0.4, 0.5) is 5.82 Å². The molecule has 3 N–H and O–H groups in total. The lowest BCUT2D eigenvalue weighted by Gasteiger charge is -2.16. The summed E-state index contributed by atoms with van der Waals surface area (Å²) in [7, 11) is 1.76. The number of Topliss-reactive ketones (excluding diaryl/α,β-unsaturated/α-hetero) is 1. The minimum absolute atomic E-state index is 0.00707. The molecule has 2 aromatic heterocycles. The molecule has 2 heterocycles. The first-order valence-corrected chi connectivity index (χ1v) is 8.61. The van der Waals surface area contributed by atoms with Crippen molar-refractivity contribution in [2.24, 2.45) is 0 Å². The van der Waals surface area contributed by atoms with Crippen molar-refractivity contribution in [2.45, 2.75) is 26.4 Å². The summed E-state index contributed by atoms with van der Waals surface area (Å²) in [6, 6.07) is 3.68. The number of rotatable bonds is 7. The van der Waals surface area contributed by atoms with Crippen LogP contribution in [-0.2, 0) is 13.1 Å². The van der Waals surface area contributed by atoms with Gasteiger partial charge in [-0.05, 0) is 25.6 Å². The van der Waals surface area contributed by atoms with E-state index in [2.05, 4.69) is 4.98 Å². The van der Waals surface area contributed by atoms with Crippen LogP contribution in [0.25, 0.3) is 0 Å². The largest absolute Gasteiger partial charge is 0.384 e. The molecule has 0 saturated heterocycles. The number of hydrogen-bond donors (Lipinski definition) is 2. The van der Waals surface area contributed by atoms with E-state index < -0.39 is 17.0 Å². The third-order valence-corrected chi connectivity index (χ3v) is 4.65. The van der Waals surface area contributed by atoms with E-state index in [0.29, 0.717) is 23.8 Å². The van der Waals surface area contributed by atoms with Gasteiger partial charge in [0.1, 0.15) is 11.4 Å². The molecule has 0 aliphatic rings. The first-order valence-electron chi connectivity index (χ1n) is 7.42. The first kappa shape index (κ1) is 18.4. The Hall–Kier alpha value is -1.90. The number of aromatic amines is 1. The molecular formula is C15H19ClN4O3S. The van der Waals surface area contributed by atoms with Crippen molar-refractivity contribution in [1.29, 1.82) is 0 Å². The minimum atomic E-state index is -0.748. The Balaban J connectivity index is 2.21. The molecular weight excluding hydrogens is 352 g/mol. The van der Waals surface area contributed by atoms with Gasteiger partial charge in [0.2, 0.25) is 0 Å². The number of aromatic nitrogens is 2. The van der Waals surface area contributed by atoms with Crippen molar-refractivity contribution in [3.63, 3.8) is 0 Å². The average Bonchev–Trinajstić information content (AvgIpc) is 2.88. The molecule has 7 nitrogen and oxygen atoms in total. The van der Waals surface area contributed by atoms with Crippen molar-refractivity contribution in [1.82, 2.24) is 14.5 Å². The van der Waals surface area contributed by atoms with Gasteiger partial charge in [-0.25, -0.2) is 4.79 Å². The number of nitrogens with one attached hydrogen (secondary N) is 1. The summed E-state index contributed by atoms with van der Waals surface area (Å²) in [6.07, 6.45) is 0.656. The Morgan fingerprint density at radius 3 is 2.71 bits per heavy atom. The van der Waals surface area contributed by atoms with Gasteiger partial charge in [0.15, 0.2) is 5.78 Å². The minimum Gasteiger partial charge on any atom is -0.384 e. The molecule has 24 heavy (non-hydrogen) atoms. The van der Waals surface area contributed by atoms with Crippen LogP contribution in [0.2, 0.25) is 4.34 Å². The quantitative estimate of drug-likeness (QED) is 0.720. The summed E-state index contributed by atoms with van der Waals surface area (Å²) in [5.74, 6) is -0.507. The number of thiophene rings is 1. The van der Waals surface area contributed by atoms with E-state index in [9.17, 15) is 14.4 Å². The monoisotopic (exact) mass is 370 g/mol. The van der Waals surface area contributed by atoms with Gasteiger partial charge < -0.3 is 5.73 Å². The number of nitrogen functional groups attached to an aromatic ring is 1. The first-order chi connectivity index (χ1) is 11.3. The number of ketones is 1. The van der Waals surface area contributed by atoms with E-state index in [0.717, 1.165) is 4.88 Å². The normalized spacial score (nSPS) is 11.2. The Bertz CT molecular complexity index is 855. The standard InChI is InChI=1S/C15H19ClN4O3S/c1-3-6-20-13(17)12(14(22)18-15(20)23)10(21)8-19(2)7-9-4-5-11(16)24-9/h4-5H,3,6-8,17H2,1-2H3,(H,18,22,23). The van der Waals surface area contributed by atoms with E-state index in [1.54, 1.807) is 18.0 Å². The molecule has 2 rings (SSSR count). The fourth-order valence-electron chi connectivity index (χ4n) is 2.39. The molecule has 0 unspecified atom stereocenters. The molecule has 0 fully saturated rings. The highest BCUT2D eigenvalue weighted by molar-refractivity contribution is 7.16. The van der Waals surface area contributed by atoms with Crippen LogP contribution in [0.3, 0.4) is 0 Å². The fourth-order valence-corrected chi connectivity index (χ4v) is 3.55. The third kappa shape index (κ3) is 4.14. The molecule has 130 valence electrons. The molecule has 0 bridgehead atoms. The van der Waals surface area contributed by atoms with Gasteiger partial charge >= 0.3 is 5.69 Å². The Morgan fingerprint density at radius 2 is 2.12 bits per heavy atom. The predicted molar refractivity (Wildman–Crippen MR) is 96.0 cm³/mol. The maximum atomic E-state index is 12.5. The van der Waals surface area contributed by atoms with Gasteiger partial charge in [0, 0.05) is 18.0 Å². The SMILES string of the molecule is CCCn1c(N)c(C(=O)CN(C)Cc2ccc(Cl)s2)c(=O)[nH]c1=O. The summed E-state index contributed by atoms with van der Waals surface area (Å²) in [5, 5.41) is 0. The number of H-pyrrole nitrogens is 1. The summed E-state index contributed by atoms with van der Waals surface area (Å²) in [6.45, 7) is 2.74. The molecule has 9 heteroatoms. The van der Waals surface area contributed by atoms with Crippen LogP contribution in [0, 0.1) is 0 Å². The molecule has 0 spiro atoms. The molecule has 0 aliphatic carbocycles. The molecule has 0 atom stereocenters. The second-order valence-electron chi connectivity index (χ2n) is 5.47. The van der Waals surface area contributed by atoms with E-state index in [1.807, 2.05) is 13.0 Å². The van der Waals surface area contributed by atoms with Gasteiger partial charge in [-0.2, -0.15) is 0 Å². The van der Waals surface area contributed by atoms with Gasteiger partial charge in [0.25, 0.3) is 5.56 Å². The van der Waals surface area contributed by atoms with Crippen LogP contribution >= 0.6 is 22.9 Å². The zero-order chi connectivity index (χ0) is 17.9. The van der Waals surface area contributed by atoms with Crippen molar-refractivity contribution < 1.29 is 4.79 Å². The van der Waals surface area contributed by atoms with Crippen LogP contribution in [0.1, 0.15) is 28.6 Å². The van der Waals surface area contributed by atoms with Crippen molar-refractivity contribution in [3.8, 4) is 0 Å². The average molecular weight is 371 g/mol. The molecule has 0 aliphatic heterocycles. The molecule has 2 aromatic rings. The highest BCUT2D eigenvalue weighted by atomic mass is 35.5. The maximum absolute atomic E-state index is 12.5. The lowest BCUT2D eigenvalue weighted by atomic mass is 10.2. The number of nitrogens with two attached hydrogens (primary N) is 1. The second kappa shape index (κ2) is 7.78. The summed E-state index contributed by atoms with van der Waals surface area (Å²) in [4.78, 5) is 41.2. The van der Waals surface area contributed by atoms with Crippen molar-refractivity contribution >= 4 is 34.5 Å². The van der Waals surface area contributed by atoms with Gasteiger partial charge in [-0.1, -0.05) is 18.5 Å². The fraction of sp³-hybridized carbons (Fsp3) is 0.400. The highest BCUT2D eigenvalue weighted by Crippen LogP contribution is 2.22. The summed E-state index contributed by atoms with van der Waals surface area (Å²) < 4.78 is 1.89. The third-order valence-electron chi connectivity index (χ3n) is 3.43. The zero-order valence-electron chi connectivity index (χ0n) is 13.5. The lowest BCUT2D eigenvalue weighted by molar-refractivity contribution is 0.0942. The molecule has 0 aromatic carbocycles. The number of hydrogen-bond acceptors (Lipinski definition) is 6. The van der Waals surface area contributed by atoms with Crippen molar-refractivity contribution in [3.05, 3.63) is 47.7 Å². The summed E-state index contributed by atoms with van der Waals surface area (Å²) in [5.41, 5.74) is 4.38. The van der Waals surface area contributed by atoms with Crippen molar-refractivity contribution in [2.75, 3.05) is 19.3 Å². The van der Waals surface area contributed by atoms with E-state index in [-0.39, 0.29) is 17.9 Å². The predicted octanol–water partition coefficient (Wildman–Crippen LogP) is 1.56. The number of carbonyl (C=O) groups is 1. The number of nitrogens with zero attached hydrogens (tertiary/aromatic N) is 2. The number of halogens is 1. The zero-order valence-corrected chi connectivity index (χ0v) is 15.0. The smallest absolute Gasteiger partial charge is 0.329 e. The Kier molecular flexibility index (Phi) is 5.98. The van der Waals surface area contributed by atoms with Gasteiger partial charge in [-0.3, -0.25) is 24.0 Å². The van der Waals surface area contributed by atoms with Crippen LogP contribution in [0.15, 0.2) is 21.7 Å². The number of likely N-dealkylation sites (N-methyl/N-ethyl adjacent to an activating group) is 1. The summed E-state index contributed by atoms with van der Waals surface area (Å²) >= 11 is 7.32. The van der Waals surface area contributed by atoms with Gasteiger partial charge in [0.05, 0.1) is 10.9 Å². The molecule has 0 saturated carbocycles. The van der Waals surface area contributed by atoms with Crippen LogP contribution < -0.4 is 17.0 Å². The lowest BCUT2D eigenvalue weighted by Crippen LogP contribution is -2.38. The Labute approximate surface area is 147 Å². The Morgan fingerprint density at radius 1 is 1.42 bits per heavy atom. The maximum Gasteiger partial charge on any atom is 0.329 e. The molecule has 0 radical (unpaired) electrons. The number of anilines is 1. The van der Waals surface area contributed by atoms with Crippen LogP contribution in [-0.4, -0.2) is 33.8 Å². The topological polar surface area (TPSA) is 101 Å². The highest BCUT2D eigenvalue weighted by Gasteiger charge is 2.20. The number of carbonyl (C=O) groups excluding carboxylic acids is 1. The van der Waals surface area contributed by atoms with E-state index in [4.69, 9.17) is 17.3 Å². The second-order valence-corrected chi connectivity index (χ2v) is 7.27. The van der Waals surface area contributed by atoms with E-state index in [1.165, 1.54) is 15.9 Å². The molecule has 0 amide bonds.